The first-order chi connectivity index (χ1) is 41.9. The fraction of sp³-hybridized carbons (Fsp3) is 0.706. The topological polar surface area (TPSA) is 335 Å². The van der Waals surface area contributed by atoms with Gasteiger partial charge in [0.25, 0.3) is 0 Å². The van der Waals surface area contributed by atoms with Gasteiger partial charge in [-0.1, -0.05) is 72.1 Å². The van der Waals surface area contributed by atoms with Crippen molar-refractivity contribution in [2.75, 3.05) is 24.7 Å². The number of carbonyl (C=O) groups excluding carboxylic acids is 3. The molecule has 2 saturated heterocycles. The van der Waals surface area contributed by atoms with Crippen LogP contribution in [0.2, 0.25) is 0 Å². The minimum atomic E-state index is -2.14. The number of esters is 1. The van der Waals surface area contributed by atoms with Crippen molar-refractivity contribution in [2.45, 2.75) is 190 Å². The summed E-state index contributed by atoms with van der Waals surface area (Å²) in [6, 6.07) is 7.18. The van der Waals surface area contributed by atoms with Crippen molar-refractivity contribution in [3.8, 4) is 17.6 Å². The van der Waals surface area contributed by atoms with Gasteiger partial charge in [0.05, 0.1) is 47.2 Å². The number of phenols is 1. The highest BCUT2D eigenvalue weighted by molar-refractivity contribution is 8.76. The van der Waals surface area contributed by atoms with E-state index in [0.717, 1.165) is 30.4 Å². The Morgan fingerprint density at radius 1 is 0.943 bits per heavy atom. The number of nitrogens with two attached hydrogens (primary N) is 2. The normalized spacial score (nSPS) is 45.1. The number of ether oxygens (including phenoxy) is 1. The second kappa shape index (κ2) is 23.9. The number of hydrogen-bond donors (Lipinski definition) is 13. The van der Waals surface area contributed by atoms with Gasteiger partial charge in [0.1, 0.15) is 17.9 Å². The molecule has 15 N–H and O–H groups in total. The number of phenolic OH excluding ortho intramolecular Hbond substituents is 1. The molecule has 20 heteroatoms. The Balaban J connectivity index is 1.08. The average Bonchev–Trinajstić information content (AvgIpc) is 1.36. The molecule has 4 bridgehead atoms. The van der Waals surface area contributed by atoms with Crippen molar-refractivity contribution >= 4 is 45.1 Å². The van der Waals surface area contributed by atoms with Crippen LogP contribution in [0.3, 0.4) is 0 Å². The lowest BCUT2D eigenvalue weighted by molar-refractivity contribution is -0.235. The zero-order valence-corrected chi connectivity index (χ0v) is 52.9. The van der Waals surface area contributed by atoms with Gasteiger partial charge in [-0.2, -0.15) is 0 Å². The van der Waals surface area contributed by atoms with Gasteiger partial charge >= 0.3 is 5.97 Å². The second-order valence-electron chi connectivity index (χ2n) is 29.2. The molecule has 5 saturated carbocycles. The van der Waals surface area contributed by atoms with E-state index in [4.69, 9.17) is 16.2 Å². The van der Waals surface area contributed by atoms with E-state index >= 15 is 9.90 Å². The number of aromatic amines is 1. The molecule has 10 aliphatic rings. The number of benzene rings is 1. The number of H-pyrrole nitrogens is 1. The fourth-order valence-electron chi connectivity index (χ4n) is 21.1. The molecule has 8 aliphatic carbocycles. The van der Waals surface area contributed by atoms with Crippen molar-refractivity contribution < 1.29 is 65.1 Å². The summed E-state index contributed by atoms with van der Waals surface area (Å²) in [6.45, 7) is 7.11. The maximum absolute atomic E-state index is 16.4. The minimum absolute atomic E-state index is 0.0000928. The van der Waals surface area contributed by atoms with Gasteiger partial charge in [-0.15, -0.1) is 5.92 Å². The molecular formula is C68H93N5O13S2. The summed E-state index contributed by atoms with van der Waals surface area (Å²) in [5.74, 6) is -0.361. The van der Waals surface area contributed by atoms with Crippen LogP contribution in [0.5, 0.6) is 5.75 Å². The first-order valence-electron chi connectivity index (χ1n) is 32.5. The lowest BCUT2D eigenvalue weighted by atomic mass is 9.42. The Bertz CT molecular complexity index is 3140. The zero-order chi connectivity index (χ0) is 62.6. The van der Waals surface area contributed by atoms with Crippen LogP contribution in [0.15, 0.2) is 70.6 Å². The molecule has 0 amide bonds. The number of rotatable bonds is 9. The third-order valence-corrected chi connectivity index (χ3v) is 27.6. The number of nitrogens with zero attached hydrogens (tertiary/aromatic N) is 1. The number of cyclic esters (lactones) is 1. The van der Waals surface area contributed by atoms with Crippen molar-refractivity contribution in [1.82, 2.24) is 10.3 Å². The predicted octanol–water partition coefficient (Wildman–Crippen LogP) is 5.85. The van der Waals surface area contributed by atoms with Crippen LogP contribution in [-0.2, 0) is 19.1 Å². The van der Waals surface area contributed by atoms with E-state index in [-0.39, 0.29) is 105 Å². The number of fused-ring (bicyclic) bond motifs is 10. The predicted molar refractivity (Wildman–Crippen MR) is 334 cm³/mol. The van der Waals surface area contributed by atoms with Crippen LogP contribution >= 0.6 is 21.6 Å². The van der Waals surface area contributed by atoms with Gasteiger partial charge in [0, 0.05) is 90.1 Å². The summed E-state index contributed by atoms with van der Waals surface area (Å²) in [6.07, 6.45) is 5.78. The quantitative estimate of drug-likeness (QED) is 0.0266. The summed E-state index contributed by atoms with van der Waals surface area (Å²) < 4.78 is 6.35. The first-order valence-corrected chi connectivity index (χ1v) is 35.0. The molecule has 2 aromatic rings. The molecule has 1 aromatic carbocycles. The number of ketones is 2. The summed E-state index contributed by atoms with van der Waals surface area (Å²) in [5, 5.41) is 117. The number of carbonyl (C=O) groups is 3. The second-order valence-corrected chi connectivity index (χ2v) is 31.8. The number of allylic oxidation sites excluding steroid dienone is 3. The molecule has 7 fully saturated rings. The zero-order valence-electron chi connectivity index (χ0n) is 51.2. The summed E-state index contributed by atoms with van der Waals surface area (Å²) >= 11 is 0. The molecule has 480 valence electrons. The van der Waals surface area contributed by atoms with Gasteiger partial charge in [0.15, 0.2) is 23.8 Å². The van der Waals surface area contributed by atoms with Crippen LogP contribution < -0.4 is 16.8 Å². The number of aromatic nitrogens is 1. The van der Waals surface area contributed by atoms with E-state index < -0.39 is 147 Å². The molecule has 88 heavy (non-hydrogen) atoms. The Morgan fingerprint density at radius 2 is 1.70 bits per heavy atom. The van der Waals surface area contributed by atoms with Crippen LogP contribution in [-0.4, -0.2) is 147 Å². The lowest BCUT2D eigenvalue weighted by Gasteiger charge is -2.64. The number of aliphatic hydroxyl groups is 8. The Labute approximate surface area is 524 Å². The number of aliphatic imine (C=N–C) groups is 1. The molecule has 18 nitrogen and oxygen atoms in total. The largest absolute Gasteiger partial charge is 0.508 e. The maximum atomic E-state index is 16.4. The number of aromatic hydroxyl groups is 1. The van der Waals surface area contributed by atoms with Gasteiger partial charge in [0.2, 0.25) is 0 Å². The van der Waals surface area contributed by atoms with Crippen LogP contribution in [0.25, 0.3) is 0 Å². The molecule has 3 heterocycles. The third kappa shape index (κ3) is 10.2. The highest BCUT2D eigenvalue weighted by Crippen LogP contribution is 2.75. The van der Waals surface area contributed by atoms with E-state index in [9.17, 15) is 50.4 Å². The monoisotopic (exact) mass is 1250 g/mol. The smallest absolute Gasteiger partial charge is 0.314 e. The summed E-state index contributed by atoms with van der Waals surface area (Å²) in [5.41, 5.74) is 5.79. The Hall–Kier alpha value is -4.40. The highest BCUT2D eigenvalue weighted by Gasteiger charge is 2.76. The molecule has 12 rings (SSSR count). The number of guanidine groups is 1. The van der Waals surface area contributed by atoms with Crippen molar-refractivity contribution in [3.05, 3.63) is 76.8 Å². The van der Waals surface area contributed by atoms with Crippen LogP contribution in [0.1, 0.15) is 153 Å². The van der Waals surface area contributed by atoms with Crippen LogP contribution in [0, 0.1) is 93.2 Å². The van der Waals surface area contributed by atoms with Crippen molar-refractivity contribution in [2.24, 2.45) is 97.8 Å². The molecule has 2 aliphatic heterocycles. The first kappa shape index (κ1) is 63.7. The standard InChI is InChI=1S/C68H93N5O13S2/c1-5-51-52(53(61(82)86-51)40-18-23-71-31-40)38-7-6-8-39-28-68(85)55-46(63(3)30-50(77)57(78)44-34-88-87-33-41(36-11-14-42(75)15-12-36)26-49(76)48(32-74)73-56(55)58(79)54(44)63)17-19-66(68,22-24-72-62(69)70)59(39)64(4,83)67(84)21-20-65(27-38)45(43(29-67)60(80)81)16-13-37-10-9-35(2)25-47(37)65/h11-15,18,23,31,35,38-39,41,43-48,50-54,57,59-60,71,73-75,77-78,80-81,83-85H,5,8-10,16-17,19-22,24-30,32-34H2,1-4H3,(H4,69,70,72). The molecule has 1 spiro atoms. The molecule has 23 atom stereocenters. The van der Waals surface area contributed by atoms with Gasteiger partial charge in [-0.3, -0.25) is 19.4 Å². The van der Waals surface area contributed by atoms with E-state index in [2.05, 4.69) is 40.1 Å². The lowest BCUT2D eigenvalue weighted by Crippen LogP contribution is -2.68. The van der Waals surface area contributed by atoms with Gasteiger partial charge < -0.3 is 72.5 Å². The maximum Gasteiger partial charge on any atom is 0.314 e. The van der Waals surface area contributed by atoms with E-state index in [1.54, 1.807) is 37.4 Å². The Kier molecular flexibility index (Phi) is 17.3. The SMILES string of the molecule is CCC1OC(=O)C(c2cc[nH]c2)C1C1C#CCC2CC3(O)C4=C5NC(CO)C(=O)CC(c6ccc(O)cc6)CSSCC6C(O)C(O)CC(C)(C4CCC3(CCN=C(N)N)C2C(C)(O)C2(O)CCC3(C1)C1CC(C)CCC1=CCC3C(C(O)O)C2)C6C5=O. The number of nitrogens with one attached hydrogen (secondary N) is 2. The molecule has 0 radical (unpaired) electrons. The Morgan fingerprint density at radius 3 is 2.41 bits per heavy atom. The fourth-order valence-corrected chi connectivity index (χ4v) is 23.9. The van der Waals surface area contributed by atoms with Gasteiger partial charge in [-0.25, -0.2) is 0 Å². The molecule has 23 unspecified atom stereocenters. The average molecular weight is 1250 g/mol. The minimum Gasteiger partial charge on any atom is -0.508 e. The summed E-state index contributed by atoms with van der Waals surface area (Å²) in [4.78, 5) is 53.5. The highest BCUT2D eigenvalue weighted by atomic mass is 33.1. The molecule has 1 aromatic heterocycles. The summed E-state index contributed by atoms with van der Waals surface area (Å²) in [7, 11) is 2.94. The van der Waals surface area contributed by atoms with E-state index in [0.29, 0.717) is 37.4 Å². The number of aliphatic hydroxyl groups excluding tert-OH is 4. The third-order valence-electron chi connectivity index (χ3n) is 25.0. The number of hydrogen-bond acceptors (Lipinski definition) is 17. The molecular weight excluding hydrogens is 1160 g/mol. The number of Topliss-reactive ketones (excluding diaryl/α,β-unsaturated/α-hetero) is 2. The van der Waals surface area contributed by atoms with Crippen molar-refractivity contribution in [1.29, 1.82) is 0 Å². The van der Waals surface area contributed by atoms with E-state index in [1.807, 2.05) is 26.1 Å². The van der Waals surface area contributed by atoms with Crippen LogP contribution in [0.4, 0.5) is 0 Å². The van der Waals surface area contributed by atoms with Gasteiger partial charge in [-0.05, 0) is 172 Å². The van der Waals surface area contributed by atoms with E-state index in [1.165, 1.54) is 27.2 Å². The van der Waals surface area contributed by atoms with Crippen molar-refractivity contribution in [3.63, 3.8) is 0 Å².